The van der Waals surface area contributed by atoms with E-state index in [1.165, 1.54) is 0 Å². The SMILES string of the molecule is CCN(CC)c1cc(-c2ccccc2)nc(-c2ccc(Br)cc2)n1. The Morgan fingerprint density at radius 1 is 0.833 bits per heavy atom. The first kappa shape index (κ1) is 16.7. The van der Waals surface area contributed by atoms with E-state index in [9.17, 15) is 0 Å². The highest BCUT2D eigenvalue weighted by atomic mass is 79.9. The zero-order valence-electron chi connectivity index (χ0n) is 13.9. The molecule has 3 aromatic rings. The van der Waals surface area contributed by atoms with Crippen LogP contribution in [-0.4, -0.2) is 23.1 Å². The third kappa shape index (κ3) is 3.65. The van der Waals surface area contributed by atoms with Gasteiger partial charge in [0.05, 0.1) is 5.69 Å². The molecule has 122 valence electrons. The number of aromatic nitrogens is 2. The number of nitrogens with zero attached hydrogens (tertiary/aromatic N) is 3. The van der Waals surface area contributed by atoms with Crippen molar-refractivity contribution in [3.05, 3.63) is 65.1 Å². The summed E-state index contributed by atoms with van der Waals surface area (Å²) in [4.78, 5) is 11.8. The highest BCUT2D eigenvalue weighted by molar-refractivity contribution is 9.10. The summed E-state index contributed by atoms with van der Waals surface area (Å²) >= 11 is 3.48. The van der Waals surface area contributed by atoms with Crippen LogP contribution in [0.25, 0.3) is 22.6 Å². The molecule has 0 spiro atoms. The van der Waals surface area contributed by atoms with E-state index in [4.69, 9.17) is 9.97 Å². The van der Waals surface area contributed by atoms with Crippen LogP contribution in [-0.2, 0) is 0 Å². The van der Waals surface area contributed by atoms with E-state index in [0.29, 0.717) is 0 Å². The molecule has 0 amide bonds. The van der Waals surface area contributed by atoms with Gasteiger partial charge in [0.1, 0.15) is 5.82 Å². The molecule has 0 saturated heterocycles. The zero-order chi connectivity index (χ0) is 16.9. The summed E-state index contributed by atoms with van der Waals surface area (Å²) in [5.74, 6) is 1.72. The van der Waals surface area contributed by atoms with Gasteiger partial charge in [-0.2, -0.15) is 0 Å². The van der Waals surface area contributed by atoms with Gasteiger partial charge in [0, 0.05) is 34.8 Å². The standard InChI is InChI=1S/C20H20BrN3/c1-3-24(4-2)19-14-18(15-8-6-5-7-9-15)22-20(23-19)16-10-12-17(21)13-11-16/h5-14H,3-4H2,1-2H3. The maximum atomic E-state index is 4.80. The molecule has 0 aliphatic carbocycles. The summed E-state index contributed by atoms with van der Waals surface area (Å²) in [6.07, 6.45) is 0. The van der Waals surface area contributed by atoms with Crippen LogP contribution in [0, 0.1) is 0 Å². The molecular formula is C20H20BrN3. The van der Waals surface area contributed by atoms with Gasteiger partial charge in [-0.1, -0.05) is 58.4 Å². The van der Waals surface area contributed by atoms with E-state index in [1.54, 1.807) is 0 Å². The molecule has 0 atom stereocenters. The summed E-state index contributed by atoms with van der Waals surface area (Å²) in [6, 6.07) is 20.5. The minimum Gasteiger partial charge on any atom is -0.357 e. The predicted octanol–water partition coefficient (Wildman–Crippen LogP) is 5.42. The predicted molar refractivity (Wildman–Crippen MR) is 104 cm³/mol. The van der Waals surface area contributed by atoms with E-state index < -0.39 is 0 Å². The van der Waals surface area contributed by atoms with Crippen molar-refractivity contribution < 1.29 is 0 Å². The average molecular weight is 382 g/mol. The highest BCUT2D eigenvalue weighted by Crippen LogP contribution is 2.26. The quantitative estimate of drug-likeness (QED) is 0.590. The second-order valence-corrected chi connectivity index (χ2v) is 6.40. The molecule has 4 heteroatoms. The zero-order valence-corrected chi connectivity index (χ0v) is 15.5. The molecule has 1 aromatic heterocycles. The molecule has 2 aromatic carbocycles. The van der Waals surface area contributed by atoms with Crippen molar-refractivity contribution in [1.82, 2.24) is 9.97 Å². The van der Waals surface area contributed by atoms with Crippen molar-refractivity contribution in [3.8, 4) is 22.6 Å². The van der Waals surface area contributed by atoms with Gasteiger partial charge in [0.15, 0.2) is 5.82 Å². The third-order valence-corrected chi connectivity index (χ3v) is 4.50. The van der Waals surface area contributed by atoms with Crippen LogP contribution in [0.5, 0.6) is 0 Å². The van der Waals surface area contributed by atoms with E-state index in [1.807, 2.05) is 42.5 Å². The fourth-order valence-electron chi connectivity index (χ4n) is 2.63. The van der Waals surface area contributed by atoms with Crippen molar-refractivity contribution in [2.24, 2.45) is 0 Å². The highest BCUT2D eigenvalue weighted by Gasteiger charge is 2.12. The molecule has 0 aliphatic rings. The second-order valence-electron chi connectivity index (χ2n) is 5.48. The lowest BCUT2D eigenvalue weighted by atomic mass is 10.1. The Kier molecular flexibility index (Phi) is 5.26. The molecule has 24 heavy (non-hydrogen) atoms. The molecule has 0 aliphatic heterocycles. The Bertz CT molecular complexity index is 797. The minimum atomic E-state index is 0.755. The number of benzene rings is 2. The summed E-state index contributed by atoms with van der Waals surface area (Å²) in [5, 5.41) is 0. The van der Waals surface area contributed by atoms with Gasteiger partial charge in [-0.3, -0.25) is 0 Å². The molecule has 0 saturated carbocycles. The number of hydrogen-bond donors (Lipinski definition) is 0. The lowest BCUT2D eigenvalue weighted by Crippen LogP contribution is -2.23. The summed E-state index contributed by atoms with van der Waals surface area (Å²) in [6.45, 7) is 6.13. The first-order valence-corrected chi connectivity index (χ1v) is 8.96. The van der Waals surface area contributed by atoms with E-state index in [0.717, 1.165) is 46.0 Å². The van der Waals surface area contributed by atoms with Crippen molar-refractivity contribution in [3.63, 3.8) is 0 Å². The van der Waals surface area contributed by atoms with Crippen LogP contribution < -0.4 is 4.90 Å². The van der Waals surface area contributed by atoms with Gasteiger partial charge >= 0.3 is 0 Å². The largest absolute Gasteiger partial charge is 0.357 e. The van der Waals surface area contributed by atoms with Gasteiger partial charge in [-0.15, -0.1) is 0 Å². The lowest BCUT2D eigenvalue weighted by molar-refractivity contribution is 0.843. The number of hydrogen-bond acceptors (Lipinski definition) is 3. The minimum absolute atomic E-state index is 0.755. The molecule has 0 bridgehead atoms. The van der Waals surface area contributed by atoms with Crippen LogP contribution >= 0.6 is 15.9 Å². The Morgan fingerprint density at radius 2 is 1.50 bits per heavy atom. The van der Waals surface area contributed by atoms with Crippen LogP contribution in [0.4, 0.5) is 5.82 Å². The molecule has 0 N–H and O–H groups in total. The molecule has 0 radical (unpaired) electrons. The van der Waals surface area contributed by atoms with Gasteiger partial charge < -0.3 is 4.90 Å². The van der Waals surface area contributed by atoms with Crippen molar-refractivity contribution >= 4 is 21.7 Å². The number of anilines is 1. The lowest BCUT2D eigenvalue weighted by Gasteiger charge is -2.21. The Morgan fingerprint density at radius 3 is 2.12 bits per heavy atom. The van der Waals surface area contributed by atoms with Gasteiger partial charge in [0.2, 0.25) is 0 Å². The first-order valence-electron chi connectivity index (χ1n) is 8.16. The average Bonchev–Trinajstić information content (AvgIpc) is 2.64. The smallest absolute Gasteiger partial charge is 0.162 e. The van der Waals surface area contributed by atoms with Crippen LogP contribution in [0.2, 0.25) is 0 Å². The molecule has 0 fully saturated rings. The van der Waals surface area contributed by atoms with Gasteiger partial charge in [-0.05, 0) is 26.0 Å². The fourth-order valence-corrected chi connectivity index (χ4v) is 2.89. The molecule has 0 unspecified atom stereocenters. The van der Waals surface area contributed by atoms with E-state index >= 15 is 0 Å². The Labute approximate surface area is 151 Å². The van der Waals surface area contributed by atoms with Crippen molar-refractivity contribution in [1.29, 1.82) is 0 Å². The number of rotatable bonds is 5. The van der Waals surface area contributed by atoms with Gasteiger partial charge in [-0.25, -0.2) is 9.97 Å². The normalized spacial score (nSPS) is 10.6. The van der Waals surface area contributed by atoms with Gasteiger partial charge in [0.25, 0.3) is 0 Å². The van der Waals surface area contributed by atoms with Crippen LogP contribution in [0.15, 0.2) is 65.1 Å². The second kappa shape index (κ2) is 7.58. The Balaban J connectivity index is 2.14. The Hall–Kier alpha value is -2.20. The first-order chi connectivity index (χ1) is 11.7. The van der Waals surface area contributed by atoms with E-state index in [2.05, 4.69) is 52.9 Å². The van der Waals surface area contributed by atoms with Crippen LogP contribution in [0.1, 0.15) is 13.8 Å². The van der Waals surface area contributed by atoms with E-state index in [-0.39, 0.29) is 0 Å². The molecular weight excluding hydrogens is 362 g/mol. The van der Waals surface area contributed by atoms with Crippen molar-refractivity contribution in [2.75, 3.05) is 18.0 Å². The molecule has 3 nitrogen and oxygen atoms in total. The van der Waals surface area contributed by atoms with Crippen molar-refractivity contribution in [2.45, 2.75) is 13.8 Å². The summed E-state index contributed by atoms with van der Waals surface area (Å²) in [5.41, 5.74) is 3.07. The monoisotopic (exact) mass is 381 g/mol. The maximum Gasteiger partial charge on any atom is 0.162 e. The molecule has 1 heterocycles. The summed E-state index contributed by atoms with van der Waals surface area (Å²) in [7, 11) is 0. The molecule has 3 rings (SSSR count). The number of halogens is 1. The summed E-state index contributed by atoms with van der Waals surface area (Å²) < 4.78 is 1.05. The van der Waals surface area contributed by atoms with Crippen LogP contribution in [0.3, 0.4) is 0 Å². The maximum absolute atomic E-state index is 4.80. The fraction of sp³-hybridized carbons (Fsp3) is 0.200. The topological polar surface area (TPSA) is 29.0 Å². The third-order valence-electron chi connectivity index (χ3n) is 3.97.